The Kier molecular flexibility index (Phi) is 5.33. The van der Waals surface area contributed by atoms with Crippen molar-refractivity contribution < 1.29 is 31.6 Å². The Hall–Kier alpha value is -1.53. The Balaban J connectivity index is 1.64. The molecule has 10 heteroatoms. The van der Waals surface area contributed by atoms with Crippen molar-refractivity contribution in [2.24, 2.45) is 5.92 Å². The number of piperidine rings is 1. The number of benzene rings is 1. The fraction of sp³-hybridized carbons (Fsp3) is 0.708. The van der Waals surface area contributed by atoms with E-state index in [1.807, 2.05) is 12.1 Å². The van der Waals surface area contributed by atoms with Gasteiger partial charge in [0.25, 0.3) is 0 Å². The lowest BCUT2D eigenvalue weighted by molar-refractivity contribution is -0.196. The molecule has 0 aromatic heterocycles. The molecule has 0 N–H and O–H groups in total. The van der Waals surface area contributed by atoms with E-state index in [9.17, 15) is 18.0 Å². The van der Waals surface area contributed by atoms with Crippen LogP contribution in [0.15, 0.2) is 12.1 Å². The van der Waals surface area contributed by atoms with Gasteiger partial charge < -0.3 is 18.5 Å². The summed E-state index contributed by atoms with van der Waals surface area (Å²) < 4.78 is 60.2. The van der Waals surface area contributed by atoms with Crippen LogP contribution in [-0.2, 0) is 21.1 Å². The molecule has 2 aliphatic carbocycles. The predicted octanol–water partition coefficient (Wildman–Crippen LogP) is 5.25. The van der Waals surface area contributed by atoms with Crippen LogP contribution in [0.2, 0.25) is 39.3 Å². The standard InChI is InChI=1S/C24H34F3NO4Si2/c1-33(2,3)31-17-9-7-14-13-16-15-8-10-18(32-34(4,5)6)21-23(15,19(14)20(17)30-21)11-12-28(16)22(29)24(25,26)27/h7,9,15-16,18,21H,8,10-13H2,1-6H3/t15?,16-,18?,21?,23+/m1/s1. The molecule has 4 aliphatic rings. The normalized spacial score (nSPS) is 32.2. The molecule has 5 nitrogen and oxygen atoms in total. The first-order valence-corrected chi connectivity index (χ1v) is 19.0. The number of rotatable bonds is 4. The van der Waals surface area contributed by atoms with Crippen LogP contribution < -0.4 is 9.16 Å². The van der Waals surface area contributed by atoms with Crippen molar-refractivity contribution in [1.82, 2.24) is 4.90 Å². The van der Waals surface area contributed by atoms with Crippen LogP contribution in [0, 0.1) is 5.92 Å². The highest BCUT2D eigenvalue weighted by Crippen LogP contribution is 2.64. The molecule has 5 rings (SSSR count). The molecular formula is C24H34F3NO4Si2. The number of ether oxygens (including phenoxy) is 1. The second-order valence-electron chi connectivity index (χ2n) is 12.2. The maximum Gasteiger partial charge on any atom is 0.471 e. The van der Waals surface area contributed by atoms with E-state index in [1.54, 1.807) is 0 Å². The molecule has 1 aromatic rings. The number of carbonyl (C=O) groups is 1. The van der Waals surface area contributed by atoms with Gasteiger partial charge in [-0.2, -0.15) is 13.2 Å². The summed E-state index contributed by atoms with van der Waals surface area (Å²) in [6, 6.07) is 3.40. The molecule has 2 aliphatic heterocycles. The van der Waals surface area contributed by atoms with Crippen LogP contribution in [0.5, 0.6) is 11.5 Å². The van der Waals surface area contributed by atoms with Gasteiger partial charge in [-0.15, -0.1) is 0 Å². The predicted molar refractivity (Wildman–Crippen MR) is 127 cm³/mol. The lowest BCUT2D eigenvalue weighted by Crippen LogP contribution is -2.69. The highest BCUT2D eigenvalue weighted by atomic mass is 28.4. The van der Waals surface area contributed by atoms with Gasteiger partial charge in [0.15, 0.2) is 14.1 Å². The Morgan fingerprint density at radius 3 is 2.44 bits per heavy atom. The Labute approximate surface area is 201 Å². The third-order valence-corrected chi connectivity index (χ3v) is 9.51. The van der Waals surface area contributed by atoms with E-state index in [4.69, 9.17) is 13.6 Å². The molecule has 188 valence electrons. The first-order chi connectivity index (χ1) is 15.6. The molecule has 1 aromatic carbocycles. The molecule has 34 heavy (non-hydrogen) atoms. The molecule has 2 fully saturated rings. The van der Waals surface area contributed by atoms with Crippen molar-refractivity contribution in [1.29, 1.82) is 0 Å². The topological polar surface area (TPSA) is 48.0 Å². The van der Waals surface area contributed by atoms with Gasteiger partial charge in [0, 0.05) is 23.6 Å². The van der Waals surface area contributed by atoms with Crippen LogP contribution >= 0.6 is 0 Å². The molecule has 1 spiro atoms. The van der Waals surface area contributed by atoms with Gasteiger partial charge >= 0.3 is 12.1 Å². The van der Waals surface area contributed by atoms with Gasteiger partial charge in [-0.3, -0.25) is 4.79 Å². The minimum absolute atomic E-state index is 0.0804. The first-order valence-electron chi connectivity index (χ1n) is 12.2. The average molecular weight is 514 g/mol. The van der Waals surface area contributed by atoms with E-state index in [0.717, 1.165) is 40.4 Å². The number of carbonyl (C=O) groups excluding carboxylic acids is 1. The number of alkyl halides is 3. The van der Waals surface area contributed by atoms with Gasteiger partial charge in [-0.05, 0) is 82.5 Å². The zero-order valence-electron chi connectivity index (χ0n) is 20.7. The van der Waals surface area contributed by atoms with Crippen molar-refractivity contribution in [3.63, 3.8) is 0 Å². The zero-order chi connectivity index (χ0) is 24.8. The van der Waals surface area contributed by atoms with Crippen LogP contribution in [-0.4, -0.2) is 58.4 Å². The lowest BCUT2D eigenvalue weighted by atomic mass is 9.51. The maximum atomic E-state index is 13.5. The van der Waals surface area contributed by atoms with E-state index in [1.165, 1.54) is 0 Å². The number of halogens is 3. The minimum atomic E-state index is -4.87. The number of hydrogen-bond donors (Lipinski definition) is 0. The van der Waals surface area contributed by atoms with Crippen molar-refractivity contribution in [3.05, 3.63) is 23.3 Å². The van der Waals surface area contributed by atoms with Crippen LogP contribution in [0.1, 0.15) is 30.4 Å². The third kappa shape index (κ3) is 3.71. The highest BCUT2D eigenvalue weighted by molar-refractivity contribution is 6.70. The second kappa shape index (κ2) is 7.49. The van der Waals surface area contributed by atoms with E-state index in [-0.39, 0.29) is 24.7 Å². The molecule has 1 saturated carbocycles. The number of nitrogens with zero attached hydrogens (tertiary/aromatic N) is 1. The molecule has 2 bridgehead atoms. The highest BCUT2D eigenvalue weighted by Gasteiger charge is 2.67. The maximum absolute atomic E-state index is 13.5. The molecule has 5 atom stereocenters. The SMILES string of the molecule is C[Si](C)(C)Oc1ccc2c3c1OC1C(O[Si](C)(C)C)CCC4[C@@H](C2)N(C(=O)C(F)(F)F)CC[C@]314. The largest absolute Gasteiger partial charge is 0.542 e. The van der Waals surface area contributed by atoms with Crippen molar-refractivity contribution in [3.8, 4) is 11.5 Å². The fourth-order valence-corrected chi connectivity index (χ4v) is 8.86. The van der Waals surface area contributed by atoms with Crippen LogP contribution in [0.25, 0.3) is 0 Å². The zero-order valence-corrected chi connectivity index (χ0v) is 22.7. The van der Waals surface area contributed by atoms with Gasteiger partial charge in [-0.1, -0.05) is 6.07 Å². The molecule has 0 radical (unpaired) electrons. The van der Waals surface area contributed by atoms with E-state index in [2.05, 4.69) is 39.3 Å². The van der Waals surface area contributed by atoms with E-state index >= 15 is 0 Å². The first kappa shape index (κ1) is 24.2. The number of hydrogen-bond acceptors (Lipinski definition) is 4. The van der Waals surface area contributed by atoms with Gasteiger partial charge in [0.1, 0.15) is 11.9 Å². The van der Waals surface area contributed by atoms with Crippen molar-refractivity contribution >= 4 is 22.5 Å². The summed E-state index contributed by atoms with van der Waals surface area (Å²) in [4.78, 5) is 13.5. The number of likely N-dealkylation sites (tertiary alicyclic amines) is 1. The molecule has 1 saturated heterocycles. The van der Waals surface area contributed by atoms with E-state index in [0.29, 0.717) is 12.8 Å². The second-order valence-corrected chi connectivity index (χ2v) is 21.1. The molecular weight excluding hydrogens is 479 g/mol. The summed E-state index contributed by atoms with van der Waals surface area (Å²) in [7, 11) is -3.82. The van der Waals surface area contributed by atoms with Crippen molar-refractivity contribution in [2.45, 2.75) is 94.8 Å². The summed E-state index contributed by atoms with van der Waals surface area (Å²) in [6.45, 7) is 12.9. The van der Waals surface area contributed by atoms with Gasteiger partial charge in [0.05, 0.1) is 6.10 Å². The summed E-state index contributed by atoms with van der Waals surface area (Å²) in [6.07, 6.45) is -2.95. The molecule has 1 amide bonds. The quantitative estimate of drug-likeness (QED) is 0.516. The summed E-state index contributed by atoms with van der Waals surface area (Å²) in [5.74, 6) is -0.310. The van der Waals surface area contributed by atoms with Gasteiger partial charge in [-0.25, -0.2) is 0 Å². The third-order valence-electron chi connectivity index (χ3n) is 7.67. The summed E-state index contributed by atoms with van der Waals surface area (Å²) in [5, 5.41) is 0. The Bertz CT molecular complexity index is 1020. The average Bonchev–Trinajstić information content (AvgIpc) is 3.02. The summed E-state index contributed by atoms with van der Waals surface area (Å²) >= 11 is 0. The Morgan fingerprint density at radius 1 is 1.12 bits per heavy atom. The molecule has 3 unspecified atom stereocenters. The van der Waals surface area contributed by atoms with Crippen LogP contribution in [0.4, 0.5) is 13.2 Å². The monoisotopic (exact) mass is 513 g/mol. The van der Waals surface area contributed by atoms with E-state index < -0.39 is 40.2 Å². The lowest BCUT2D eigenvalue weighted by Gasteiger charge is -2.59. The fourth-order valence-electron chi connectivity index (χ4n) is 6.89. The number of amides is 1. The minimum Gasteiger partial charge on any atom is -0.542 e. The smallest absolute Gasteiger partial charge is 0.471 e. The Morgan fingerprint density at radius 2 is 1.82 bits per heavy atom. The van der Waals surface area contributed by atoms with Crippen LogP contribution in [0.3, 0.4) is 0 Å². The van der Waals surface area contributed by atoms with Crippen molar-refractivity contribution in [2.75, 3.05) is 6.54 Å². The molecule has 2 heterocycles. The van der Waals surface area contributed by atoms with Gasteiger partial charge in [0.2, 0.25) is 8.32 Å². The summed E-state index contributed by atoms with van der Waals surface area (Å²) in [5.41, 5.74) is 1.64.